The summed E-state index contributed by atoms with van der Waals surface area (Å²) < 4.78 is 37.5. The second-order valence-corrected chi connectivity index (χ2v) is 13.7. The number of piperidine rings is 1. The number of ether oxygens (including phenoxy) is 1. The average molecular weight is 624 g/mol. The molecule has 6 rings (SSSR count). The monoisotopic (exact) mass is 623 g/mol. The number of para-hydroxylation sites is 1. The molecule has 3 aromatic rings. The molecule has 1 saturated carbocycles. The molecule has 12 nitrogen and oxygen atoms in total. The van der Waals surface area contributed by atoms with Crippen LogP contribution in [0.3, 0.4) is 0 Å². The first-order chi connectivity index (χ1) is 21.2. The summed E-state index contributed by atoms with van der Waals surface area (Å²) in [6.45, 7) is 4.84. The van der Waals surface area contributed by atoms with E-state index in [0.29, 0.717) is 37.1 Å². The number of nitrogens with one attached hydrogen (secondary N) is 1. The fourth-order valence-electron chi connectivity index (χ4n) is 6.46. The Morgan fingerprint density at radius 2 is 1.73 bits per heavy atom. The molecule has 2 aromatic heterocycles. The number of pyridine rings is 1. The normalized spacial score (nSPS) is 19.1. The Bertz CT molecular complexity index is 1620. The van der Waals surface area contributed by atoms with Gasteiger partial charge in [-0.1, -0.05) is 24.6 Å². The maximum absolute atomic E-state index is 13.7. The molecule has 1 N–H and O–H groups in total. The van der Waals surface area contributed by atoms with Gasteiger partial charge < -0.3 is 14.5 Å². The molecule has 236 valence electrons. The van der Waals surface area contributed by atoms with Crippen molar-refractivity contribution in [3.05, 3.63) is 47.8 Å². The second kappa shape index (κ2) is 12.8. The topological polar surface area (TPSA) is 130 Å². The van der Waals surface area contributed by atoms with E-state index in [4.69, 9.17) is 14.8 Å². The van der Waals surface area contributed by atoms with Gasteiger partial charge in [0, 0.05) is 65.8 Å². The molecule has 13 heteroatoms. The van der Waals surface area contributed by atoms with Crippen molar-refractivity contribution < 1.29 is 22.7 Å². The van der Waals surface area contributed by atoms with Gasteiger partial charge in [0.1, 0.15) is 5.69 Å². The van der Waals surface area contributed by atoms with Crippen molar-refractivity contribution >= 4 is 38.7 Å². The Morgan fingerprint density at radius 3 is 2.39 bits per heavy atom. The Kier molecular flexibility index (Phi) is 8.88. The summed E-state index contributed by atoms with van der Waals surface area (Å²) in [4.78, 5) is 34.3. The zero-order chi connectivity index (χ0) is 30.8. The van der Waals surface area contributed by atoms with Gasteiger partial charge in [-0.2, -0.15) is 17.8 Å². The van der Waals surface area contributed by atoms with Crippen molar-refractivity contribution in [1.82, 2.24) is 28.7 Å². The highest BCUT2D eigenvalue weighted by Gasteiger charge is 2.33. The summed E-state index contributed by atoms with van der Waals surface area (Å²) in [5.74, 6) is -0.110. The van der Waals surface area contributed by atoms with E-state index in [2.05, 4.69) is 9.62 Å². The van der Waals surface area contributed by atoms with Crippen LogP contribution >= 0.6 is 0 Å². The number of fused-ring (bicyclic) bond motifs is 1. The molecule has 0 radical (unpaired) electrons. The number of carbonyl (C=O) groups excluding carboxylic acids is 2. The molecule has 1 aromatic carbocycles. The van der Waals surface area contributed by atoms with Crippen LogP contribution in [0.25, 0.3) is 16.7 Å². The van der Waals surface area contributed by atoms with E-state index in [0.717, 1.165) is 67.6 Å². The molecule has 0 unspecified atom stereocenters. The lowest BCUT2D eigenvalue weighted by atomic mass is 9.82. The maximum Gasteiger partial charge on any atom is 0.304 e. The third kappa shape index (κ3) is 6.18. The number of hydrogen-bond donors (Lipinski definition) is 1. The number of rotatable bonds is 8. The predicted molar refractivity (Wildman–Crippen MR) is 167 cm³/mol. The zero-order valence-electron chi connectivity index (χ0n) is 25.4. The minimum absolute atomic E-state index is 0.0208. The summed E-state index contributed by atoms with van der Waals surface area (Å²) in [6, 6.07) is 11.5. The Labute approximate surface area is 258 Å². The molecule has 2 amide bonds. The summed E-state index contributed by atoms with van der Waals surface area (Å²) in [7, 11) is -2.44. The molecular weight excluding hydrogens is 582 g/mol. The van der Waals surface area contributed by atoms with Crippen molar-refractivity contribution in [2.45, 2.75) is 51.4 Å². The lowest BCUT2D eigenvalue weighted by Crippen LogP contribution is -2.45. The molecule has 44 heavy (non-hydrogen) atoms. The van der Waals surface area contributed by atoms with Gasteiger partial charge in [0.05, 0.1) is 22.5 Å². The smallest absolute Gasteiger partial charge is 0.304 e. The fourth-order valence-corrected chi connectivity index (χ4v) is 7.62. The third-order valence-electron chi connectivity index (χ3n) is 9.19. The summed E-state index contributed by atoms with van der Waals surface area (Å²) >= 11 is 0. The highest BCUT2D eigenvalue weighted by atomic mass is 32.2. The van der Waals surface area contributed by atoms with Gasteiger partial charge in [0.15, 0.2) is 5.65 Å². The maximum atomic E-state index is 13.7. The number of benzene rings is 1. The van der Waals surface area contributed by atoms with E-state index in [1.807, 2.05) is 30.3 Å². The van der Waals surface area contributed by atoms with Crippen molar-refractivity contribution in [3.8, 4) is 5.69 Å². The number of carbonyl (C=O) groups is 2. The SMILES string of the molecule is COCC1CCN(c2cc(C(=O)NS(=O)(=O)N3CCCN(C(C)=O)CC3)nc3c2c(C2CCC2)nn3-c2ccccc2)CC1. The van der Waals surface area contributed by atoms with Gasteiger partial charge in [-0.05, 0) is 56.2 Å². The van der Waals surface area contributed by atoms with Gasteiger partial charge >= 0.3 is 10.2 Å². The van der Waals surface area contributed by atoms with Crippen LogP contribution in [0.2, 0.25) is 0 Å². The molecule has 2 aliphatic heterocycles. The largest absolute Gasteiger partial charge is 0.384 e. The van der Waals surface area contributed by atoms with Crippen LogP contribution in [0.5, 0.6) is 0 Å². The van der Waals surface area contributed by atoms with Gasteiger partial charge in [-0.3, -0.25) is 9.59 Å². The van der Waals surface area contributed by atoms with Crippen LogP contribution in [0.4, 0.5) is 5.69 Å². The van der Waals surface area contributed by atoms with Gasteiger partial charge in [0.25, 0.3) is 5.91 Å². The van der Waals surface area contributed by atoms with E-state index >= 15 is 0 Å². The lowest BCUT2D eigenvalue weighted by Gasteiger charge is -2.34. The third-order valence-corrected chi connectivity index (χ3v) is 10.7. The van der Waals surface area contributed by atoms with Crippen molar-refractivity contribution in [3.63, 3.8) is 0 Å². The summed E-state index contributed by atoms with van der Waals surface area (Å²) in [5.41, 5.74) is 3.24. The molecule has 0 bridgehead atoms. The predicted octanol–water partition coefficient (Wildman–Crippen LogP) is 3.08. The van der Waals surface area contributed by atoms with Crippen molar-refractivity contribution in [2.24, 2.45) is 5.92 Å². The van der Waals surface area contributed by atoms with E-state index in [-0.39, 0.29) is 31.2 Å². The highest BCUT2D eigenvalue weighted by Crippen LogP contribution is 2.43. The summed E-state index contributed by atoms with van der Waals surface area (Å²) in [6.07, 6.45) is 5.63. The van der Waals surface area contributed by atoms with E-state index in [1.54, 1.807) is 22.8 Å². The van der Waals surface area contributed by atoms with Crippen molar-refractivity contribution in [2.75, 3.05) is 57.9 Å². The van der Waals surface area contributed by atoms with Crippen LogP contribution in [0.15, 0.2) is 36.4 Å². The van der Waals surface area contributed by atoms with Gasteiger partial charge in [0.2, 0.25) is 5.91 Å². The van der Waals surface area contributed by atoms with Crippen LogP contribution < -0.4 is 9.62 Å². The second-order valence-electron chi connectivity index (χ2n) is 12.1. The number of anilines is 1. The zero-order valence-corrected chi connectivity index (χ0v) is 26.3. The van der Waals surface area contributed by atoms with Crippen LogP contribution in [-0.2, 0) is 19.7 Å². The van der Waals surface area contributed by atoms with Crippen LogP contribution in [0, 0.1) is 5.92 Å². The molecule has 2 saturated heterocycles. The standard InChI is InChI=1S/C31H41N7O5S/c1-22(39)35-14-7-15-37(19-18-35)44(41,42)34-31(40)26-20-27(36-16-12-23(13-17-36)21-43-2)28-29(24-8-6-9-24)33-38(30(28)32-26)25-10-4-3-5-11-25/h3-5,10-11,20,23-24H,6-9,12-19,21H2,1-2H3,(H,34,40). The molecule has 3 fully saturated rings. The first kappa shape index (κ1) is 30.5. The Balaban J connectivity index is 1.39. The molecular formula is C31H41N7O5S. The first-order valence-corrected chi connectivity index (χ1v) is 17.0. The number of aromatic nitrogens is 3. The fraction of sp³-hybridized carbons (Fsp3) is 0.548. The number of methoxy groups -OCH3 is 1. The van der Waals surface area contributed by atoms with E-state index in [9.17, 15) is 18.0 Å². The van der Waals surface area contributed by atoms with Gasteiger partial charge in [-0.15, -0.1) is 0 Å². The number of hydrogen-bond acceptors (Lipinski definition) is 8. The molecule has 3 aliphatic rings. The minimum atomic E-state index is -4.17. The van der Waals surface area contributed by atoms with E-state index < -0.39 is 16.1 Å². The molecule has 0 spiro atoms. The van der Waals surface area contributed by atoms with Gasteiger partial charge in [-0.25, -0.2) is 14.4 Å². The number of nitrogens with zero attached hydrogens (tertiary/aromatic N) is 6. The Hall–Kier alpha value is -3.55. The molecule has 4 heterocycles. The van der Waals surface area contributed by atoms with Crippen molar-refractivity contribution in [1.29, 1.82) is 0 Å². The first-order valence-electron chi connectivity index (χ1n) is 15.6. The number of amides is 2. The Morgan fingerprint density at radius 1 is 0.977 bits per heavy atom. The minimum Gasteiger partial charge on any atom is -0.384 e. The lowest BCUT2D eigenvalue weighted by molar-refractivity contribution is -0.128. The quantitative estimate of drug-likeness (QED) is 0.405. The summed E-state index contributed by atoms with van der Waals surface area (Å²) in [5, 5.41) is 6.01. The average Bonchev–Trinajstić information content (AvgIpc) is 3.16. The van der Waals surface area contributed by atoms with Crippen LogP contribution in [0.1, 0.15) is 67.5 Å². The highest BCUT2D eigenvalue weighted by molar-refractivity contribution is 7.87. The molecule has 1 aliphatic carbocycles. The van der Waals surface area contributed by atoms with Crippen LogP contribution in [-0.4, -0.2) is 97.2 Å². The molecule has 0 atom stereocenters. The van der Waals surface area contributed by atoms with E-state index in [1.165, 1.54) is 11.2 Å².